The van der Waals surface area contributed by atoms with E-state index in [1.807, 2.05) is 6.92 Å². The fraction of sp³-hybridized carbons (Fsp3) is 0.250. The number of amides is 1. The number of nitrogens with one attached hydrogen (secondary N) is 1. The van der Waals surface area contributed by atoms with Crippen LogP contribution in [0.3, 0.4) is 0 Å². The van der Waals surface area contributed by atoms with Crippen molar-refractivity contribution >= 4 is 65.6 Å². The molecule has 0 saturated carbocycles. The van der Waals surface area contributed by atoms with E-state index in [0.717, 1.165) is 31.0 Å². The molecular weight excluding hydrogens is 598 g/mol. The number of carbonyl (C=O) groups is 1. The quantitative estimate of drug-likeness (QED) is 0.0555. The standard InChI is InChI=1S/C24H26N4O9S2.2Na/c1-3-4-5-6-22(31)26-16-8-10-18(21(12-16)39(35,36)37)27-28-24-19(25-14(2)29)9-7-15-11-17(38(32,33)34)13-20(30)23(15)24;;/h7-13,30H,3-6H2,1-2H3,(H,25,29)(H,26,31)(H,32,33,34)(H,35,36,37);;/q;2*+1/p-2. The molecule has 0 bridgehead atoms. The molecule has 1 amide bonds. The van der Waals surface area contributed by atoms with Crippen molar-refractivity contribution in [2.75, 3.05) is 5.32 Å². The molecule has 0 heterocycles. The topological polar surface area (TPSA) is 221 Å². The Morgan fingerprint density at radius 3 is 2.22 bits per heavy atom. The van der Waals surface area contributed by atoms with Gasteiger partial charge in [0, 0.05) is 12.3 Å². The van der Waals surface area contributed by atoms with Gasteiger partial charge in [0.15, 0.2) is 0 Å². The van der Waals surface area contributed by atoms with Crippen molar-refractivity contribution in [2.24, 2.45) is 15.2 Å². The summed E-state index contributed by atoms with van der Waals surface area (Å²) in [7, 11) is -9.58. The maximum absolute atomic E-state index is 12.8. The number of benzene rings is 3. The van der Waals surface area contributed by atoms with Crippen molar-refractivity contribution < 1.29 is 100 Å². The third-order valence-electron chi connectivity index (χ3n) is 5.36. The third kappa shape index (κ3) is 10.1. The fourth-order valence-electron chi connectivity index (χ4n) is 3.62. The summed E-state index contributed by atoms with van der Waals surface area (Å²) in [4.78, 5) is 14.2. The molecule has 3 rings (SSSR count). The Balaban J connectivity index is 0.00000420. The maximum Gasteiger partial charge on any atom is 1.00 e. The number of hydrogen-bond acceptors (Lipinski definition) is 10. The largest absolute Gasteiger partial charge is 1.00 e. The molecule has 0 aliphatic heterocycles. The molecule has 0 spiro atoms. The number of nitrogens with zero attached hydrogens (tertiary/aromatic N) is 3. The first kappa shape index (κ1) is 37.1. The van der Waals surface area contributed by atoms with E-state index >= 15 is 0 Å². The van der Waals surface area contributed by atoms with Gasteiger partial charge in [-0.05, 0) is 60.5 Å². The molecule has 3 aromatic rings. The SMILES string of the molecule is CCCCCC([O-])=Nc1ccc(N=Nc2c(NC(C)=O)ccc3cc(S(=O)(=O)O)cc([O-])c23)c(S(=O)(=O)O)c1.[Na+].[Na+]. The number of azo groups is 1. The molecule has 3 N–H and O–H groups in total. The van der Waals surface area contributed by atoms with Crippen LogP contribution in [0.25, 0.3) is 10.8 Å². The van der Waals surface area contributed by atoms with Gasteiger partial charge in [-0.3, -0.25) is 18.9 Å². The van der Waals surface area contributed by atoms with Crippen molar-refractivity contribution in [3.8, 4) is 5.75 Å². The van der Waals surface area contributed by atoms with Gasteiger partial charge in [0.05, 0.1) is 16.3 Å². The minimum atomic E-state index is -4.87. The molecule has 17 heteroatoms. The Hall–Kier alpha value is -1.92. The zero-order chi connectivity index (χ0) is 29.0. The van der Waals surface area contributed by atoms with Gasteiger partial charge in [-0.1, -0.05) is 31.6 Å². The van der Waals surface area contributed by atoms with Crippen LogP contribution in [0.15, 0.2) is 67.5 Å². The summed E-state index contributed by atoms with van der Waals surface area (Å²) in [5, 5.41) is 35.0. The zero-order valence-electron chi connectivity index (χ0n) is 22.8. The summed E-state index contributed by atoms with van der Waals surface area (Å²) in [6.45, 7) is 3.16. The molecule has 0 aromatic heterocycles. The van der Waals surface area contributed by atoms with Gasteiger partial charge in [0.2, 0.25) is 5.91 Å². The van der Waals surface area contributed by atoms with E-state index in [1.54, 1.807) is 0 Å². The summed E-state index contributed by atoms with van der Waals surface area (Å²) in [6, 6.07) is 7.66. The van der Waals surface area contributed by atoms with Crippen molar-refractivity contribution in [3.63, 3.8) is 0 Å². The van der Waals surface area contributed by atoms with Crippen LogP contribution in [0.1, 0.15) is 39.5 Å². The number of hydrogen-bond donors (Lipinski definition) is 3. The van der Waals surface area contributed by atoms with Crippen LogP contribution in [0.4, 0.5) is 22.7 Å². The average Bonchev–Trinajstić information content (AvgIpc) is 2.82. The smallest absolute Gasteiger partial charge is 0.872 e. The van der Waals surface area contributed by atoms with Crippen LogP contribution in [-0.4, -0.2) is 37.7 Å². The van der Waals surface area contributed by atoms with Gasteiger partial charge >= 0.3 is 59.1 Å². The minimum Gasteiger partial charge on any atom is -0.872 e. The van der Waals surface area contributed by atoms with Gasteiger partial charge in [-0.15, -0.1) is 10.2 Å². The molecule has 13 nitrogen and oxygen atoms in total. The van der Waals surface area contributed by atoms with Crippen LogP contribution in [0.5, 0.6) is 5.75 Å². The van der Waals surface area contributed by atoms with E-state index in [-0.39, 0.29) is 99.1 Å². The maximum atomic E-state index is 12.8. The predicted molar refractivity (Wildman–Crippen MR) is 139 cm³/mol. The first-order chi connectivity index (χ1) is 18.2. The predicted octanol–water partition coefficient (Wildman–Crippen LogP) is -2.24. The third-order valence-corrected chi connectivity index (χ3v) is 7.08. The van der Waals surface area contributed by atoms with Gasteiger partial charge in [0.1, 0.15) is 16.3 Å². The fourth-order valence-corrected chi connectivity index (χ4v) is 4.79. The van der Waals surface area contributed by atoms with Gasteiger partial charge in [-0.25, -0.2) is 0 Å². The van der Waals surface area contributed by atoms with Gasteiger partial charge in [0.25, 0.3) is 20.2 Å². The monoisotopic (exact) mass is 622 g/mol. The van der Waals surface area contributed by atoms with Gasteiger partial charge < -0.3 is 15.5 Å². The summed E-state index contributed by atoms with van der Waals surface area (Å²) in [5.74, 6) is -1.89. The molecule has 0 fully saturated rings. The van der Waals surface area contributed by atoms with Crippen LogP contribution in [-0.2, 0) is 25.0 Å². The van der Waals surface area contributed by atoms with E-state index < -0.39 is 47.6 Å². The normalized spacial score (nSPS) is 12.1. The first-order valence-corrected chi connectivity index (χ1v) is 14.4. The second kappa shape index (κ2) is 15.5. The summed E-state index contributed by atoms with van der Waals surface area (Å²) >= 11 is 0. The Bertz CT molecular complexity index is 1710. The van der Waals surface area contributed by atoms with Crippen LogP contribution >= 0.6 is 0 Å². The molecular formula is C24H24N4Na2O9S2. The summed E-state index contributed by atoms with van der Waals surface area (Å²) in [6.07, 6.45) is 2.51. The van der Waals surface area contributed by atoms with Gasteiger partial charge in [-0.2, -0.15) is 16.8 Å². The van der Waals surface area contributed by atoms with E-state index in [2.05, 4.69) is 20.5 Å². The molecule has 0 aliphatic rings. The molecule has 0 radical (unpaired) electrons. The van der Waals surface area contributed by atoms with E-state index in [1.165, 1.54) is 25.1 Å². The van der Waals surface area contributed by atoms with E-state index in [9.17, 15) is 40.9 Å². The van der Waals surface area contributed by atoms with Crippen molar-refractivity contribution in [1.82, 2.24) is 0 Å². The van der Waals surface area contributed by atoms with Crippen LogP contribution < -0.4 is 74.6 Å². The number of unbranched alkanes of at least 4 members (excludes halogenated alkanes) is 2. The summed E-state index contributed by atoms with van der Waals surface area (Å²) in [5.41, 5.74) is -0.654. The molecule has 208 valence electrons. The Morgan fingerprint density at radius 1 is 0.951 bits per heavy atom. The van der Waals surface area contributed by atoms with Crippen molar-refractivity contribution in [3.05, 3.63) is 42.5 Å². The van der Waals surface area contributed by atoms with Crippen molar-refractivity contribution in [2.45, 2.75) is 49.3 Å². The van der Waals surface area contributed by atoms with Crippen LogP contribution in [0, 0.1) is 0 Å². The molecule has 41 heavy (non-hydrogen) atoms. The number of rotatable bonds is 10. The average molecular weight is 623 g/mol. The number of fused-ring (bicyclic) bond motifs is 1. The second-order valence-electron chi connectivity index (χ2n) is 8.43. The Morgan fingerprint density at radius 2 is 1.63 bits per heavy atom. The van der Waals surface area contributed by atoms with E-state index in [4.69, 9.17) is 0 Å². The summed E-state index contributed by atoms with van der Waals surface area (Å²) < 4.78 is 66.3. The first-order valence-electron chi connectivity index (χ1n) is 11.5. The molecule has 3 aromatic carbocycles. The molecule has 0 unspecified atom stereocenters. The zero-order valence-corrected chi connectivity index (χ0v) is 28.4. The Labute approximate surface area is 281 Å². The minimum absolute atomic E-state index is 0. The molecule has 0 saturated heterocycles. The molecule has 0 aliphatic carbocycles. The number of anilines is 1. The van der Waals surface area contributed by atoms with Crippen LogP contribution in [0.2, 0.25) is 0 Å². The molecule has 0 atom stereocenters. The van der Waals surface area contributed by atoms with E-state index in [0.29, 0.717) is 12.5 Å². The van der Waals surface area contributed by atoms with Crippen molar-refractivity contribution in [1.29, 1.82) is 0 Å². The Kier molecular flexibility index (Phi) is 14.0. The number of aliphatic imine (C=N–C) groups is 1. The number of carbonyl (C=O) groups excluding carboxylic acids is 1. The second-order valence-corrected chi connectivity index (χ2v) is 11.2.